The number of fused-ring (bicyclic) bond motifs is 1. The number of hydrogen-bond donors (Lipinski definition) is 2. The maximum Gasteiger partial charge on any atom is 0.237 e. The Kier molecular flexibility index (Phi) is 10.8. The van der Waals surface area contributed by atoms with E-state index in [1.165, 1.54) is 16.5 Å². The first kappa shape index (κ1) is 31.3. The highest BCUT2D eigenvalue weighted by Gasteiger charge is 2.22. The summed E-state index contributed by atoms with van der Waals surface area (Å²) in [6, 6.07) is 26.4. The number of amides is 1. The Morgan fingerprint density at radius 1 is 0.929 bits per heavy atom. The molecule has 0 radical (unpaired) electrons. The minimum Gasteiger partial charge on any atom is -0.491 e. The summed E-state index contributed by atoms with van der Waals surface area (Å²) in [5.41, 5.74) is 4.78. The van der Waals surface area contributed by atoms with Crippen LogP contribution < -0.4 is 4.74 Å². The molecule has 6 nitrogen and oxygen atoms in total. The van der Waals surface area contributed by atoms with Gasteiger partial charge in [0.05, 0.1) is 6.54 Å². The molecule has 0 aliphatic heterocycles. The van der Waals surface area contributed by atoms with Crippen LogP contribution in [-0.2, 0) is 23.2 Å². The smallest absolute Gasteiger partial charge is 0.237 e. The van der Waals surface area contributed by atoms with Gasteiger partial charge in [0.2, 0.25) is 5.91 Å². The first-order valence-corrected chi connectivity index (χ1v) is 15.1. The van der Waals surface area contributed by atoms with E-state index in [2.05, 4.69) is 93.2 Å². The van der Waals surface area contributed by atoms with Gasteiger partial charge in [0.25, 0.3) is 0 Å². The molecule has 0 unspecified atom stereocenters. The Bertz CT molecular complexity index is 1390. The number of rotatable bonds is 14. The van der Waals surface area contributed by atoms with Crippen LogP contribution in [-0.4, -0.2) is 64.7 Å². The molecule has 0 saturated heterocycles. The molecule has 0 saturated carbocycles. The van der Waals surface area contributed by atoms with Crippen LogP contribution in [0.2, 0.25) is 0 Å². The first-order valence-electron chi connectivity index (χ1n) is 15.1. The Balaban J connectivity index is 1.47. The third-order valence-corrected chi connectivity index (χ3v) is 7.51. The van der Waals surface area contributed by atoms with Crippen molar-refractivity contribution in [1.29, 1.82) is 0 Å². The van der Waals surface area contributed by atoms with Crippen molar-refractivity contribution in [3.63, 3.8) is 0 Å². The molecule has 6 heteroatoms. The van der Waals surface area contributed by atoms with Crippen LogP contribution in [0.15, 0.2) is 85.1 Å². The highest BCUT2D eigenvalue weighted by Crippen LogP contribution is 2.23. The fourth-order valence-corrected chi connectivity index (χ4v) is 5.29. The highest BCUT2D eigenvalue weighted by molar-refractivity contribution is 5.83. The van der Waals surface area contributed by atoms with Crippen molar-refractivity contribution in [3.8, 4) is 5.75 Å². The number of aliphatic hydroxyl groups is 1. The molecule has 2 N–H and O–H groups in total. The van der Waals surface area contributed by atoms with Crippen LogP contribution in [0.1, 0.15) is 51.3 Å². The molecule has 1 aromatic heterocycles. The summed E-state index contributed by atoms with van der Waals surface area (Å²) in [6.45, 7) is 13.6. The van der Waals surface area contributed by atoms with Crippen LogP contribution in [0, 0.1) is 5.92 Å². The van der Waals surface area contributed by atoms with Crippen LogP contribution in [0.5, 0.6) is 5.75 Å². The predicted octanol–water partition coefficient (Wildman–Crippen LogP) is 6.43. The fraction of sp³-hybridized carbons (Fsp3) is 0.417. The maximum absolute atomic E-state index is 13.9. The van der Waals surface area contributed by atoms with E-state index in [1.807, 2.05) is 41.3 Å². The molecule has 0 aliphatic rings. The van der Waals surface area contributed by atoms with E-state index < -0.39 is 6.10 Å². The van der Waals surface area contributed by atoms with Crippen molar-refractivity contribution >= 4 is 16.8 Å². The van der Waals surface area contributed by atoms with E-state index in [1.54, 1.807) is 0 Å². The number of nitrogens with zero attached hydrogens (tertiary/aromatic N) is 2. The van der Waals surface area contributed by atoms with E-state index in [4.69, 9.17) is 4.74 Å². The maximum atomic E-state index is 13.9. The number of nitrogens with one attached hydrogen (secondary N) is 1. The van der Waals surface area contributed by atoms with Gasteiger partial charge in [0.1, 0.15) is 18.5 Å². The number of aromatic nitrogens is 1. The number of H-pyrrole nitrogens is 1. The van der Waals surface area contributed by atoms with E-state index >= 15 is 0 Å². The number of benzene rings is 3. The van der Waals surface area contributed by atoms with Crippen LogP contribution in [0.4, 0.5) is 0 Å². The van der Waals surface area contributed by atoms with Gasteiger partial charge in [-0.05, 0) is 52.6 Å². The standard InChI is InChI=1S/C36H47N3O3/c1-27(2)22-38(24-31(40)26-42-32-11-7-6-8-12-32)25-35(41)39(23-28-15-17-30(18-16-28)36(3,4)5)20-19-29-21-37-34-14-10-9-13-33(29)34/h6-18,21,27,31,37,40H,19-20,22-26H2,1-5H3/t31-/m0/s1. The zero-order chi connectivity index (χ0) is 30.1. The summed E-state index contributed by atoms with van der Waals surface area (Å²) in [5.74, 6) is 1.14. The molecule has 42 heavy (non-hydrogen) atoms. The lowest BCUT2D eigenvalue weighted by Crippen LogP contribution is -2.45. The summed E-state index contributed by atoms with van der Waals surface area (Å²) >= 11 is 0. The minimum atomic E-state index is -0.707. The highest BCUT2D eigenvalue weighted by atomic mass is 16.5. The van der Waals surface area contributed by atoms with Gasteiger partial charge in [-0.1, -0.05) is 95.3 Å². The van der Waals surface area contributed by atoms with E-state index in [0.29, 0.717) is 32.1 Å². The zero-order valence-electron chi connectivity index (χ0n) is 25.8. The topological polar surface area (TPSA) is 68.8 Å². The monoisotopic (exact) mass is 569 g/mol. The minimum absolute atomic E-state index is 0.0616. The van der Waals surface area contributed by atoms with Crippen molar-refractivity contribution in [2.45, 2.75) is 59.1 Å². The van der Waals surface area contributed by atoms with Gasteiger partial charge in [-0.15, -0.1) is 0 Å². The second kappa shape index (κ2) is 14.5. The van der Waals surface area contributed by atoms with Crippen molar-refractivity contribution in [3.05, 3.63) is 102 Å². The summed E-state index contributed by atoms with van der Waals surface area (Å²) in [4.78, 5) is 21.3. The Morgan fingerprint density at radius 2 is 1.62 bits per heavy atom. The summed E-state index contributed by atoms with van der Waals surface area (Å²) in [6.07, 6.45) is 2.11. The van der Waals surface area contributed by atoms with Crippen LogP contribution >= 0.6 is 0 Å². The molecule has 1 heterocycles. The van der Waals surface area contributed by atoms with Crippen molar-refractivity contribution in [2.24, 2.45) is 5.92 Å². The predicted molar refractivity (Wildman–Crippen MR) is 172 cm³/mol. The fourth-order valence-electron chi connectivity index (χ4n) is 5.29. The molecule has 4 aromatic rings. The van der Waals surface area contributed by atoms with Crippen LogP contribution in [0.25, 0.3) is 10.9 Å². The summed E-state index contributed by atoms with van der Waals surface area (Å²) < 4.78 is 5.78. The average molecular weight is 570 g/mol. The number of carbonyl (C=O) groups is 1. The number of hydrogen-bond acceptors (Lipinski definition) is 4. The lowest BCUT2D eigenvalue weighted by atomic mass is 9.87. The summed E-state index contributed by atoms with van der Waals surface area (Å²) in [5, 5.41) is 12.0. The largest absolute Gasteiger partial charge is 0.491 e. The Morgan fingerprint density at radius 3 is 2.31 bits per heavy atom. The van der Waals surface area contributed by atoms with Gasteiger partial charge in [0.15, 0.2) is 0 Å². The van der Waals surface area contributed by atoms with Gasteiger partial charge in [-0.25, -0.2) is 0 Å². The second-order valence-electron chi connectivity index (χ2n) is 12.7. The normalized spacial score (nSPS) is 12.7. The zero-order valence-corrected chi connectivity index (χ0v) is 25.8. The van der Waals surface area contributed by atoms with Crippen molar-refractivity contribution < 1.29 is 14.6 Å². The third kappa shape index (κ3) is 9.20. The second-order valence-corrected chi connectivity index (χ2v) is 12.7. The number of aromatic amines is 1. The van der Waals surface area contributed by atoms with E-state index in [0.717, 1.165) is 23.3 Å². The van der Waals surface area contributed by atoms with Gasteiger partial charge in [-0.3, -0.25) is 9.69 Å². The van der Waals surface area contributed by atoms with Crippen LogP contribution in [0.3, 0.4) is 0 Å². The molecule has 224 valence electrons. The number of carbonyl (C=O) groups excluding carboxylic acids is 1. The Labute approximate surface area is 251 Å². The van der Waals surface area contributed by atoms with Crippen molar-refractivity contribution in [1.82, 2.24) is 14.8 Å². The van der Waals surface area contributed by atoms with Crippen molar-refractivity contribution in [2.75, 3.05) is 32.8 Å². The van der Waals surface area contributed by atoms with Gasteiger partial charge in [0, 0.05) is 43.3 Å². The number of para-hydroxylation sites is 2. The first-order chi connectivity index (χ1) is 20.1. The molecule has 1 amide bonds. The Hall–Kier alpha value is -3.61. The molecule has 0 spiro atoms. The SMILES string of the molecule is CC(C)CN(CC(=O)N(CCc1c[nH]c2ccccc12)Cc1ccc(C(C)(C)C)cc1)C[C@H](O)COc1ccccc1. The molecular formula is C36H47N3O3. The molecule has 4 rings (SSSR count). The van der Waals surface area contributed by atoms with Gasteiger partial charge < -0.3 is 19.7 Å². The molecular weight excluding hydrogens is 522 g/mol. The van der Waals surface area contributed by atoms with E-state index in [9.17, 15) is 9.90 Å². The molecule has 3 aromatic carbocycles. The quantitative estimate of drug-likeness (QED) is 0.184. The average Bonchev–Trinajstić information content (AvgIpc) is 3.37. The lowest BCUT2D eigenvalue weighted by Gasteiger charge is -2.30. The summed E-state index contributed by atoms with van der Waals surface area (Å²) in [7, 11) is 0. The lowest BCUT2D eigenvalue weighted by molar-refractivity contribution is -0.133. The van der Waals surface area contributed by atoms with E-state index in [-0.39, 0.29) is 24.5 Å². The molecule has 0 bridgehead atoms. The molecule has 0 fully saturated rings. The van der Waals surface area contributed by atoms with Gasteiger partial charge >= 0.3 is 0 Å². The third-order valence-electron chi connectivity index (χ3n) is 7.51. The molecule has 0 aliphatic carbocycles. The van der Waals surface area contributed by atoms with Gasteiger partial charge in [-0.2, -0.15) is 0 Å². The number of ether oxygens (including phenoxy) is 1. The number of aliphatic hydroxyl groups excluding tert-OH is 1. The molecule has 1 atom stereocenters.